The Morgan fingerprint density at radius 3 is 2.88 bits per heavy atom. The maximum atomic E-state index is 11.7. The normalized spacial score (nSPS) is 10.2. The minimum atomic E-state index is -0.250. The van der Waals surface area contributed by atoms with Crippen molar-refractivity contribution >= 4 is 39.9 Å². The first-order chi connectivity index (χ1) is 8.25. The lowest BCUT2D eigenvalue weighted by molar-refractivity contribution is 0.0510. The second kappa shape index (κ2) is 6.16. The van der Waals surface area contributed by atoms with Crippen molar-refractivity contribution in [3.05, 3.63) is 55.8 Å². The number of esters is 1. The summed E-state index contributed by atoms with van der Waals surface area (Å²) in [6, 6.07) is 11.5. The molecule has 0 atom stereocenters. The lowest BCUT2D eigenvalue weighted by atomic mass is 10.2. The predicted octanol–water partition coefficient (Wildman–Crippen LogP) is 3.75. The van der Waals surface area contributed by atoms with Gasteiger partial charge in [0.1, 0.15) is 0 Å². The molecule has 4 heteroatoms. The van der Waals surface area contributed by atoms with E-state index in [-0.39, 0.29) is 5.97 Å². The molecule has 2 rings (SSSR count). The predicted molar refractivity (Wildman–Crippen MR) is 77.5 cm³/mol. The number of hydrogen-bond acceptors (Lipinski definition) is 3. The van der Waals surface area contributed by atoms with Crippen LogP contribution in [0.1, 0.15) is 15.2 Å². The van der Waals surface area contributed by atoms with E-state index in [1.807, 2.05) is 35.7 Å². The van der Waals surface area contributed by atoms with Gasteiger partial charge in [-0.1, -0.05) is 12.1 Å². The van der Waals surface area contributed by atoms with Gasteiger partial charge < -0.3 is 4.74 Å². The van der Waals surface area contributed by atoms with Gasteiger partial charge in [-0.2, -0.15) is 0 Å². The van der Waals surface area contributed by atoms with Gasteiger partial charge in [0.05, 0.1) is 12.2 Å². The highest BCUT2D eigenvalue weighted by molar-refractivity contribution is 14.1. The fourth-order valence-corrected chi connectivity index (χ4v) is 2.63. The van der Waals surface area contributed by atoms with Crippen LogP contribution in [-0.2, 0) is 11.2 Å². The quantitative estimate of drug-likeness (QED) is 0.615. The van der Waals surface area contributed by atoms with Crippen LogP contribution in [0, 0.1) is 3.57 Å². The van der Waals surface area contributed by atoms with Crippen molar-refractivity contribution in [2.45, 2.75) is 6.42 Å². The maximum absolute atomic E-state index is 11.7. The van der Waals surface area contributed by atoms with Gasteiger partial charge in [0, 0.05) is 14.9 Å². The first-order valence-corrected chi connectivity index (χ1v) is 7.16. The fourth-order valence-electron chi connectivity index (χ4n) is 1.40. The van der Waals surface area contributed by atoms with E-state index in [1.165, 1.54) is 4.88 Å². The Morgan fingerprint density at radius 1 is 1.29 bits per heavy atom. The Bertz CT molecular complexity index is 494. The number of rotatable bonds is 4. The summed E-state index contributed by atoms with van der Waals surface area (Å²) in [7, 11) is 0. The molecule has 0 saturated heterocycles. The van der Waals surface area contributed by atoms with Gasteiger partial charge in [0.15, 0.2) is 0 Å². The third-order valence-electron chi connectivity index (χ3n) is 2.22. The molecular weight excluding hydrogens is 347 g/mol. The van der Waals surface area contributed by atoms with Crippen LogP contribution in [0.4, 0.5) is 0 Å². The van der Waals surface area contributed by atoms with Gasteiger partial charge in [-0.05, 0) is 52.2 Å². The van der Waals surface area contributed by atoms with E-state index in [0.717, 1.165) is 9.99 Å². The minimum Gasteiger partial charge on any atom is -0.462 e. The molecule has 1 aromatic heterocycles. The molecule has 17 heavy (non-hydrogen) atoms. The summed E-state index contributed by atoms with van der Waals surface area (Å²) in [6.07, 6.45) is 0.785. The summed E-state index contributed by atoms with van der Waals surface area (Å²) >= 11 is 3.86. The zero-order valence-electron chi connectivity index (χ0n) is 9.06. The molecule has 1 heterocycles. The Kier molecular flexibility index (Phi) is 4.56. The lowest BCUT2D eigenvalue weighted by Crippen LogP contribution is -2.07. The fraction of sp³-hybridized carbons (Fsp3) is 0.154. The molecule has 0 N–H and O–H groups in total. The summed E-state index contributed by atoms with van der Waals surface area (Å²) in [5.41, 5.74) is 0.614. The van der Waals surface area contributed by atoms with Gasteiger partial charge in [-0.25, -0.2) is 4.79 Å². The van der Waals surface area contributed by atoms with Crippen LogP contribution in [0.3, 0.4) is 0 Å². The third kappa shape index (κ3) is 3.81. The molecule has 0 unspecified atom stereocenters. The molecule has 0 saturated carbocycles. The summed E-state index contributed by atoms with van der Waals surface area (Å²) in [5.74, 6) is -0.250. The molecule has 0 bridgehead atoms. The number of hydrogen-bond donors (Lipinski definition) is 0. The summed E-state index contributed by atoms with van der Waals surface area (Å²) in [6.45, 7) is 0.435. The molecular formula is C13H11IO2S. The van der Waals surface area contributed by atoms with Crippen molar-refractivity contribution in [3.63, 3.8) is 0 Å². The Hall–Kier alpha value is -0.880. The van der Waals surface area contributed by atoms with E-state index in [4.69, 9.17) is 4.74 Å². The first-order valence-electron chi connectivity index (χ1n) is 5.21. The molecule has 2 aromatic rings. The molecule has 0 radical (unpaired) electrons. The number of thiophene rings is 1. The van der Waals surface area contributed by atoms with E-state index in [1.54, 1.807) is 17.4 Å². The maximum Gasteiger partial charge on any atom is 0.338 e. The smallest absolute Gasteiger partial charge is 0.338 e. The average Bonchev–Trinajstić information content (AvgIpc) is 2.82. The largest absolute Gasteiger partial charge is 0.462 e. The molecule has 0 spiro atoms. The van der Waals surface area contributed by atoms with Crippen LogP contribution in [0.25, 0.3) is 0 Å². The van der Waals surface area contributed by atoms with Crippen molar-refractivity contribution in [1.29, 1.82) is 0 Å². The van der Waals surface area contributed by atoms with Crippen molar-refractivity contribution in [2.75, 3.05) is 6.61 Å². The van der Waals surface area contributed by atoms with Gasteiger partial charge in [0.2, 0.25) is 0 Å². The molecule has 0 amide bonds. The lowest BCUT2D eigenvalue weighted by Gasteiger charge is -2.04. The van der Waals surface area contributed by atoms with Crippen LogP contribution < -0.4 is 0 Å². The molecule has 0 aliphatic carbocycles. The zero-order valence-corrected chi connectivity index (χ0v) is 12.0. The highest BCUT2D eigenvalue weighted by atomic mass is 127. The van der Waals surface area contributed by atoms with Gasteiger partial charge >= 0.3 is 5.97 Å². The monoisotopic (exact) mass is 358 g/mol. The highest BCUT2D eigenvalue weighted by Gasteiger charge is 2.07. The van der Waals surface area contributed by atoms with Gasteiger partial charge in [0.25, 0.3) is 0 Å². The van der Waals surface area contributed by atoms with Gasteiger partial charge in [-0.3, -0.25) is 0 Å². The molecule has 0 aliphatic heterocycles. The number of halogens is 1. The van der Waals surface area contributed by atoms with Crippen molar-refractivity contribution in [2.24, 2.45) is 0 Å². The van der Waals surface area contributed by atoms with E-state index in [9.17, 15) is 4.79 Å². The number of carbonyl (C=O) groups is 1. The molecule has 0 fully saturated rings. The highest BCUT2D eigenvalue weighted by Crippen LogP contribution is 2.11. The number of benzene rings is 1. The molecule has 2 nitrogen and oxygen atoms in total. The Morgan fingerprint density at radius 2 is 2.18 bits per heavy atom. The van der Waals surface area contributed by atoms with E-state index >= 15 is 0 Å². The summed E-state index contributed by atoms with van der Waals surface area (Å²) in [4.78, 5) is 12.9. The van der Waals surface area contributed by atoms with E-state index in [0.29, 0.717) is 12.2 Å². The van der Waals surface area contributed by atoms with Crippen molar-refractivity contribution < 1.29 is 9.53 Å². The Balaban J connectivity index is 1.85. The molecule has 0 aliphatic rings. The van der Waals surface area contributed by atoms with Crippen LogP contribution in [0.5, 0.6) is 0 Å². The SMILES string of the molecule is O=C(OCCc1cccs1)c1cccc(I)c1. The van der Waals surface area contributed by atoms with Crippen molar-refractivity contribution in [1.82, 2.24) is 0 Å². The second-order valence-corrected chi connectivity index (χ2v) is 5.75. The number of ether oxygens (including phenoxy) is 1. The number of carbonyl (C=O) groups excluding carboxylic acids is 1. The summed E-state index contributed by atoms with van der Waals surface area (Å²) < 4.78 is 6.26. The van der Waals surface area contributed by atoms with Crippen LogP contribution in [0.2, 0.25) is 0 Å². The third-order valence-corrected chi connectivity index (χ3v) is 3.83. The standard InChI is InChI=1S/C13H11IO2S/c14-11-4-1-3-10(9-11)13(15)16-7-6-12-5-2-8-17-12/h1-5,8-9H,6-7H2. The Labute approximate surface area is 118 Å². The average molecular weight is 358 g/mol. The van der Waals surface area contributed by atoms with Crippen LogP contribution >= 0.6 is 33.9 Å². The van der Waals surface area contributed by atoms with E-state index < -0.39 is 0 Å². The first kappa shape index (κ1) is 12.6. The topological polar surface area (TPSA) is 26.3 Å². The minimum absolute atomic E-state index is 0.250. The van der Waals surface area contributed by atoms with Gasteiger partial charge in [-0.15, -0.1) is 11.3 Å². The molecule has 88 valence electrons. The second-order valence-electron chi connectivity index (χ2n) is 3.48. The summed E-state index contributed by atoms with van der Waals surface area (Å²) in [5, 5.41) is 2.02. The van der Waals surface area contributed by atoms with Crippen LogP contribution in [0.15, 0.2) is 41.8 Å². The molecule has 1 aromatic carbocycles. The van der Waals surface area contributed by atoms with Crippen LogP contribution in [-0.4, -0.2) is 12.6 Å². The van der Waals surface area contributed by atoms with Crippen molar-refractivity contribution in [3.8, 4) is 0 Å². The zero-order chi connectivity index (χ0) is 12.1. The van der Waals surface area contributed by atoms with E-state index in [2.05, 4.69) is 22.6 Å².